The summed E-state index contributed by atoms with van der Waals surface area (Å²) in [4.78, 5) is 38.4. The molecule has 2 atom stereocenters. The van der Waals surface area contributed by atoms with Gasteiger partial charge >= 0.3 is 6.18 Å². The van der Waals surface area contributed by atoms with Crippen LogP contribution in [0.15, 0.2) is 24.3 Å². The van der Waals surface area contributed by atoms with Gasteiger partial charge in [0.15, 0.2) is 0 Å². The first-order valence-electron chi connectivity index (χ1n) is 10.9. The molecular weight excluding hydrogens is 437 g/mol. The number of nitrogens with one attached hydrogen (secondary N) is 1. The Morgan fingerprint density at radius 1 is 1.09 bits per heavy atom. The highest BCUT2D eigenvalue weighted by molar-refractivity contribution is 6.07. The fourth-order valence-electron chi connectivity index (χ4n) is 4.78. The van der Waals surface area contributed by atoms with Crippen LogP contribution in [0.3, 0.4) is 0 Å². The summed E-state index contributed by atoms with van der Waals surface area (Å²) in [5.74, 6) is -2.14. The van der Waals surface area contributed by atoms with Crippen molar-refractivity contribution >= 4 is 17.7 Å². The molecule has 2 unspecified atom stereocenters. The van der Waals surface area contributed by atoms with E-state index in [2.05, 4.69) is 10.4 Å². The SMILES string of the molecule is Cc1cc(C)n(-c2ccc(CNC(=O)CN3C(=O)C4CCCCC4C3=O)c(C(F)(F)F)c2)n1. The molecule has 2 fully saturated rings. The summed E-state index contributed by atoms with van der Waals surface area (Å²) >= 11 is 0. The van der Waals surface area contributed by atoms with Gasteiger partial charge in [-0.1, -0.05) is 18.9 Å². The van der Waals surface area contributed by atoms with Gasteiger partial charge in [-0.15, -0.1) is 0 Å². The van der Waals surface area contributed by atoms with E-state index in [4.69, 9.17) is 0 Å². The van der Waals surface area contributed by atoms with Crippen molar-refractivity contribution in [3.8, 4) is 5.69 Å². The summed E-state index contributed by atoms with van der Waals surface area (Å²) in [6.07, 6.45) is -1.64. The second-order valence-corrected chi connectivity index (χ2v) is 8.71. The van der Waals surface area contributed by atoms with Crippen LogP contribution in [0.1, 0.15) is 48.2 Å². The highest BCUT2D eigenvalue weighted by Crippen LogP contribution is 2.38. The number of aryl methyl sites for hydroxylation is 2. The number of carbonyl (C=O) groups is 3. The monoisotopic (exact) mass is 462 g/mol. The zero-order valence-corrected chi connectivity index (χ0v) is 18.4. The van der Waals surface area contributed by atoms with Gasteiger partial charge in [0.2, 0.25) is 17.7 Å². The van der Waals surface area contributed by atoms with E-state index < -0.39 is 24.2 Å². The van der Waals surface area contributed by atoms with Gasteiger partial charge in [-0.25, -0.2) is 4.68 Å². The van der Waals surface area contributed by atoms with E-state index in [0.29, 0.717) is 24.2 Å². The molecular formula is C23H25F3N4O3. The summed E-state index contributed by atoms with van der Waals surface area (Å²) in [5.41, 5.74) is 0.644. The summed E-state index contributed by atoms with van der Waals surface area (Å²) in [6.45, 7) is 2.64. The fourth-order valence-corrected chi connectivity index (χ4v) is 4.78. The minimum absolute atomic E-state index is 0.117. The van der Waals surface area contributed by atoms with Gasteiger partial charge in [0.05, 0.1) is 28.8 Å². The third-order valence-corrected chi connectivity index (χ3v) is 6.36. The molecule has 1 N–H and O–H groups in total. The van der Waals surface area contributed by atoms with Crippen molar-refractivity contribution < 1.29 is 27.6 Å². The normalized spacial score (nSPS) is 20.8. The summed E-state index contributed by atoms with van der Waals surface area (Å²) in [5, 5.41) is 6.65. The number of halogens is 3. The number of nitrogens with zero attached hydrogens (tertiary/aromatic N) is 3. The van der Waals surface area contributed by atoms with Gasteiger partial charge < -0.3 is 5.32 Å². The second kappa shape index (κ2) is 8.64. The second-order valence-electron chi connectivity index (χ2n) is 8.71. The Morgan fingerprint density at radius 3 is 2.27 bits per heavy atom. The number of imide groups is 1. The third-order valence-electron chi connectivity index (χ3n) is 6.36. The third kappa shape index (κ3) is 4.51. The molecule has 1 saturated carbocycles. The first-order valence-corrected chi connectivity index (χ1v) is 10.9. The van der Waals surface area contributed by atoms with Crippen molar-refractivity contribution in [2.45, 2.75) is 52.3 Å². The number of hydrogen-bond donors (Lipinski definition) is 1. The van der Waals surface area contributed by atoms with Gasteiger partial charge in [0.25, 0.3) is 0 Å². The Hall–Kier alpha value is -3.17. The summed E-state index contributed by atoms with van der Waals surface area (Å²) < 4.78 is 42.6. The van der Waals surface area contributed by atoms with E-state index in [1.54, 1.807) is 19.9 Å². The number of hydrogen-bond acceptors (Lipinski definition) is 4. The van der Waals surface area contributed by atoms with E-state index in [1.807, 2.05) is 0 Å². The lowest BCUT2D eigenvalue weighted by molar-refractivity contribution is -0.143. The Morgan fingerprint density at radius 2 is 1.73 bits per heavy atom. The lowest BCUT2D eigenvalue weighted by Crippen LogP contribution is -2.41. The Balaban J connectivity index is 1.47. The van der Waals surface area contributed by atoms with Crippen molar-refractivity contribution in [1.82, 2.24) is 20.0 Å². The zero-order valence-electron chi connectivity index (χ0n) is 18.4. The first-order chi connectivity index (χ1) is 15.6. The largest absolute Gasteiger partial charge is 0.416 e. The predicted octanol–water partition coefficient (Wildman–Crippen LogP) is 3.30. The van der Waals surface area contributed by atoms with Crippen LogP contribution in [0.4, 0.5) is 13.2 Å². The van der Waals surface area contributed by atoms with E-state index in [-0.39, 0.29) is 41.4 Å². The highest BCUT2D eigenvalue weighted by Gasteiger charge is 2.48. The molecule has 0 spiro atoms. The number of fused-ring (bicyclic) bond motifs is 1. The Kier molecular flexibility index (Phi) is 6.02. The minimum Gasteiger partial charge on any atom is -0.350 e. The smallest absolute Gasteiger partial charge is 0.350 e. The molecule has 2 heterocycles. The van der Waals surface area contributed by atoms with Gasteiger partial charge in [-0.2, -0.15) is 18.3 Å². The molecule has 1 aromatic carbocycles. The molecule has 3 amide bonds. The number of likely N-dealkylation sites (tertiary alicyclic amines) is 1. The van der Waals surface area contributed by atoms with Crippen LogP contribution in [0, 0.1) is 25.7 Å². The van der Waals surface area contributed by atoms with E-state index in [1.165, 1.54) is 16.8 Å². The average molecular weight is 462 g/mol. The number of alkyl halides is 3. The molecule has 1 saturated heterocycles. The molecule has 176 valence electrons. The molecule has 2 aromatic rings. The van der Waals surface area contributed by atoms with Crippen LogP contribution in [0.25, 0.3) is 5.69 Å². The first kappa shape index (κ1) is 23.0. The van der Waals surface area contributed by atoms with Gasteiger partial charge in [-0.05, 0) is 50.5 Å². The van der Waals surface area contributed by atoms with Crippen LogP contribution >= 0.6 is 0 Å². The maximum Gasteiger partial charge on any atom is 0.416 e. The van der Waals surface area contributed by atoms with Crippen molar-refractivity contribution in [2.24, 2.45) is 11.8 Å². The van der Waals surface area contributed by atoms with Gasteiger partial charge in [-0.3, -0.25) is 19.3 Å². The molecule has 1 aromatic heterocycles. The molecule has 1 aliphatic carbocycles. The maximum absolute atomic E-state index is 13.7. The highest BCUT2D eigenvalue weighted by atomic mass is 19.4. The lowest BCUT2D eigenvalue weighted by Gasteiger charge is -2.19. The van der Waals surface area contributed by atoms with Crippen LogP contribution in [-0.2, 0) is 27.1 Å². The summed E-state index contributed by atoms with van der Waals surface area (Å²) in [6, 6.07) is 5.57. The van der Waals surface area contributed by atoms with Crippen molar-refractivity contribution in [2.75, 3.05) is 6.54 Å². The van der Waals surface area contributed by atoms with E-state index in [9.17, 15) is 27.6 Å². The number of aromatic nitrogens is 2. The molecule has 0 radical (unpaired) electrons. The zero-order chi connectivity index (χ0) is 23.9. The molecule has 1 aliphatic heterocycles. The molecule has 4 rings (SSSR count). The van der Waals surface area contributed by atoms with Gasteiger partial charge in [0, 0.05) is 12.2 Å². The average Bonchev–Trinajstić information content (AvgIpc) is 3.22. The summed E-state index contributed by atoms with van der Waals surface area (Å²) in [7, 11) is 0. The number of amides is 3. The van der Waals surface area contributed by atoms with Crippen LogP contribution in [-0.4, -0.2) is 38.9 Å². The Bertz CT molecular complexity index is 1080. The Labute approximate surface area is 188 Å². The van der Waals surface area contributed by atoms with Crippen LogP contribution in [0.2, 0.25) is 0 Å². The molecule has 33 heavy (non-hydrogen) atoms. The topological polar surface area (TPSA) is 84.3 Å². The van der Waals surface area contributed by atoms with Crippen LogP contribution < -0.4 is 5.32 Å². The quantitative estimate of drug-likeness (QED) is 0.691. The number of rotatable bonds is 5. The molecule has 7 nitrogen and oxygen atoms in total. The lowest BCUT2D eigenvalue weighted by atomic mass is 9.81. The molecule has 2 aliphatic rings. The molecule has 10 heteroatoms. The van der Waals surface area contributed by atoms with Crippen molar-refractivity contribution in [1.29, 1.82) is 0 Å². The van der Waals surface area contributed by atoms with Crippen molar-refractivity contribution in [3.63, 3.8) is 0 Å². The standard InChI is InChI=1S/C23H25F3N4O3/c1-13-9-14(2)30(28-13)16-8-7-15(19(10-16)23(24,25)26)11-27-20(31)12-29-21(32)17-5-3-4-6-18(17)22(29)33/h7-10,17-18H,3-6,11-12H2,1-2H3,(H,27,31). The van der Waals surface area contributed by atoms with Crippen molar-refractivity contribution in [3.05, 3.63) is 46.8 Å². The fraction of sp³-hybridized carbons (Fsp3) is 0.478. The molecule has 0 bridgehead atoms. The number of carbonyl (C=O) groups excluding carboxylic acids is 3. The minimum atomic E-state index is -4.64. The maximum atomic E-state index is 13.7. The van der Waals surface area contributed by atoms with Gasteiger partial charge in [0.1, 0.15) is 6.54 Å². The number of benzene rings is 1. The van der Waals surface area contributed by atoms with Crippen LogP contribution in [0.5, 0.6) is 0 Å². The predicted molar refractivity (Wildman–Crippen MR) is 112 cm³/mol. The van der Waals surface area contributed by atoms with E-state index in [0.717, 1.165) is 23.8 Å². The van der Waals surface area contributed by atoms with E-state index >= 15 is 0 Å².